The molecule has 0 aromatic heterocycles. The van der Waals surface area contributed by atoms with Crippen LogP contribution in [0.1, 0.15) is 110 Å². The smallest absolute Gasteiger partial charge is 0.108 e. The van der Waals surface area contributed by atoms with Gasteiger partial charge in [0, 0.05) is 0 Å². The predicted octanol–water partition coefficient (Wildman–Crippen LogP) is 6.54. The molecule has 0 aliphatic carbocycles. The van der Waals surface area contributed by atoms with Crippen LogP contribution in [-0.4, -0.2) is 36.0 Å². The van der Waals surface area contributed by atoms with Crippen molar-refractivity contribution in [2.24, 2.45) is 0 Å². The molecule has 0 aromatic rings. The second-order valence-corrected chi connectivity index (χ2v) is 7.65. The summed E-state index contributed by atoms with van der Waals surface area (Å²) in [5, 5.41) is 9.57. The maximum absolute atomic E-state index is 9.57. The Morgan fingerprint density at radius 1 is 0.522 bits per heavy atom. The van der Waals surface area contributed by atoms with Crippen molar-refractivity contribution in [2.45, 2.75) is 110 Å². The molecule has 3 nitrogen and oxygen atoms in total. The first-order valence-corrected chi connectivity index (χ1v) is 10.1. The number of nitrogens with zero attached hydrogens (tertiary/aromatic N) is 1. The normalized spacial score (nSPS) is 11.5. The highest BCUT2D eigenvalue weighted by Gasteiger charge is 2.08. The fourth-order valence-corrected chi connectivity index (χ4v) is 3.05. The van der Waals surface area contributed by atoms with E-state index in [9.17, 15) is 5.21 Å². The summed E-state index contributed by atoms with van der Waals surface area (Å²) in [5.74, 6) is 0. The molecule has 142 valence electrons. The van der Waals surface area contributed by atoms with Crippen LogP contribution in [0.4, 0.5) is 0 Å². The van der Waals surface area contributed by atoms with E-state index in [1.54, 1.807) is 0 Å². The standard InChI is InChI=1S/C20H44NO.H2O/c1-4-5-6-7-8-9-10-11-12-13-14-15-16-17-18-19-20-21(2,3)22;/h22H,4-20H2,1-3H3;1H2/q+1;/p-1. The van der Waals surface area contributed by atoms with Crippen molar-refractivity contribution >= 4 is 0 Å². The van der Waals surface area contributed by atoms with Crippen LogP contribution >= 0.6 is 0 Å². The van der Waals surface area contributed by atoms with E-state index in [-0.39, 0.29) is 10.1 Å². The fourth-order valence-electron chi connectivity index (χ4n) is 3.05. The SMILES string of the molecule is CCCCCCCCCCCCCCCCCC[N+](C)(C)O.[OH-]. The van der Waals surface area contributed by atoms with Crippen molar-refractivity contribution < 1.29 is 15.3 Å². The van der Waals surface area contributed by atoms with Crippen molar-refractivity contribution in [1.29, 1.82) is 0 Å². The van der Waals surface area contributed by atoms with Crippen LogP contribution < -0.4 is 0 Å². The summed E-state index contributed by atoms with van der Waals surface area (Å²) in [4.78, 5) is 0. The summed E-state index contributed by atoms with van der Waals surface area (Å²) in [5.41, 5.74) is 0. The Morgan fingerprint density at radius 3 is 1.04 bits per heavy atom. The Morgan fingerprint density at radius 2 is 0.783 bits per heavy atom. The summed E-state index contributed by atoms with van der Waals surface area (Å²) < 4.78 is 0.124. The molecule has 23 heavy (non-hydrogen) atoms. The van der Waals surface area contributed by atoms with E-state index in [1.807, 2.05) is 14.1 Å². The third kappa shape index (κ3) is 24.3. The van der Waals surface area contributed by atoms with Gasteiger partial charge in [0.1, 0.15) is 6.54 Å². The maximum Gasteiger partial charge on any atom is 0.108 e. The van der Waals surface area contributed by atoms with E-state index in [2.05, 4.69) is 6.92 Å². The van der Waals surface area contributed by atoms with Crippen LogP contribution in [0.15, 0.2) is 0 Å². The van der Waals surface area contributed by atoms with Crippen molar-refractivity contribution in [3.63, 3.8) is 0 Å². The fraction of sp³-hybridized carbons (Fsp3) is 1.00. The predicted molar refractivity (Wildman–Crippen MR) is 100 cm³/mol. The largest absolute Gasteiger partial charge is 0.870 e. The topological polar surface area (TPSA) is 50.2 Å². The molecule has 0 aliphatic heterocycles. The Bertz CT molecular complexity index is 214. The maximum atomic E-state index is 9.57. The van der Waals surface area contributed by atoms with Gasteiger partial charge < -0.3 is 5.48 Å². The number of hydrogen-bond donors (Lipinski definition) is 1. The van der Waals surface area contributed by atoms with Crippen molar-refractivity contribution in [3.05, 3.63) is 0 Å². The van der Waals surface area contributed by atoms with Crippen molar-refractivity contribution in [3.8, 4) is 0 Å². The first kappa shape index (κ1) is 25.1. The molecule has 0 spiro atoms. The molecule has 0 saturated heterocycles. The monoisotopic (exact) mass is 331 g/mol. The molecule has 0 radical (unpaired) electrons. The molecule has 0 rings (SSSR count). The molecule has 0 unspecified atom stereocenters. The van der Waals surface area contributed by atoms with Crippen LogP contribution in [0.3, 0.4) is 0 Å². The summed E-state index contributed by atoms with van der Waals surface area (Å²) in [6, 6.07) is 0. The summed E-state index contributed by atoms with van der Waals surface area (Å²) in [6.45, 7) is 3.17. The lowest BCUT2D eigenvalue weighted by Gasteiger charge is -2.18. The van der Waals surface area contributed by atoms with Gasteiger partial charge in [-0.25, -0.2) is 5.21 Å². The van der Waals surface area contributed by atoms with Gasteiger partial charge >= 0.3 is 0 Å². The summed E-state index contributed by atoms with van der Waals surface area (Å²) in [7, 11) is 3.70. The van der Waals surface area contributed by atoms with Gasteiger partial charge in [0.2, 0.25) is 0 Å². The Kier molecular flexibility index (Phi) is 19.9. The molecule has 0 saturated carbocycles. The van der Waals surface area contributed by atoms with Gasteiger partial charge in [0.15, 0.2) is 0 Å². The van der Waals surface area contributed by atoms with E-state index in [0.29, 0.717) is 0 Å². The van der Waals surface area contributed by atoms with Crippen LogP contribution in [0, 0.1) is 0 Å². The van der Waals surface area contributed by atoms with Gasteiger partial charge in [-0.2, -0.15) is 4.65 Å². The number of rotatable bonds is 17. The minimum absolute atomic E-state index is 0. The van der Waals surface area contributed by atoms with Gasteiger partial charge in [-0.1, -0.05) is 96.8 Å². The van der Waals surface area contributed by atoms with E-state index in [4.69, 9.17) is 0 Å². The molecule has 3 heteroatoms. The molecule has 0 fully saturated rings. The molecular weight excluding hydrogens is 286 g/mol. The molecule has 0 bridgehead atoms. The van der Waals surface area contributed by atoms with Crippen molar-refractivity contribution in [2.75, 3.05) is 20.6 Å². The number of hydrogen-bond acceptors (Lipinski definition) is 2. The van der Waals surface area contributed by atoms with E-state index in [1.165, 1.54) is 96.3 Å². The highest BCUT2D eigenvalue weighted by atomic mass is 16.5. The Hall–Kier alpha value is -0.120. The van der Waals surface area contributed by atoms with Crippen LogP contribution in [-0.2, 0) is 0 Å². The first-order valence-electron chi connectivity index (χ1n) is 10.1. The molecule has 0 aliphatic rings. The Balaban J connectivity index is 0. The minimum atomic E-state index is 0. The van der Waals surface area contributed by atoms with Gasteiger partial charge in [0.25, 0.3) is 0 Å². The molecular formula is C20H45NO2. The first-order chi connectivity index (χ1) is 10.6. The molecule has 0 atom stereocenters. The van der Waals surface area contributed by atoms with E-state index in [0.717, 1.165) is 13.0 Å². The summed E-state index contributed by atoms with van der Waals surface area (Å²) >= 11 is 0. The van der Waals surface area contributed by atoms with Gasteiger partial charge in [-0.05, 0) is 12.8 Å². The average Bonchev–Trinajstić information content (AvgIpc) is 2.45. The molecule has 0 heterocycles. The number of hydroxylamine groups is 3. The second kappa shape index (κ2) is 18.2. The highest BCUT2D eigenvalue weighted by molar-refractivity contribution is 4.49. The quantitative estimate of drug-likeness (QED) is 0.187. The van der Waals surface area contributed by atoms with Crippen LogP contribution in [0.2, 0.25) is 0 Å². The van der Waals surface area contributed by atoms with Gasteiger partial charge in [0.05, 0.1) is 14.1 Å². The lowest BCUT2D eigenvalue weighted by Crippen LogP contribution is -2.36. The molecule has 0 aromatic carbocycles. The lowest BCUT2D eigenvalue weighted by molar-refractivity contribution is -1.07. The van der Waals surface area contributed by atoms with Crippen LogP contribution in [0.5, 0.6) is 0 Å². The van der Waals surface area contributed by atoms with E-state index < -0.39 is 0 Å². The van der Waals surface area contributed by atoms with Crippen molar-refractivity contribution in [1.82, 2.24) is 0 Å². The third-order valence-electron chi connectivity index (χ3n) is 4.56. The molecule has 0 amide bonds. The minimum Gasteiger partial charge on any atom is -0.870 e. The zero-order chi connectivity index (χ0) is 16.5. The number of quaternary nitrogens is 1. The number of unbranched alkanes of at least 4 members (excludes halogenated alkanes) is 15. The molecule has 2 N–H and O–H groups in total. The second-order valence-electron chi connectivity index (χ2n) is 7.65. The van der Waals surface area contributed by atoms with Crippen LogP contribution in [0.25, 0.3) is 0 Å². The third-order valence-corrected chi connectivity index (χ3v) is 4.56. The average molecular weight is 332 g/mol. The lowest BCUT2D eigenvalue weighted by atomic mass is 10.0. The Labute approximate surface area is 146 Å². The zero-order valence-corrected chi connectivity index (χ0v) is 16.4. The highest BCUT2D eigenvalue weighted by Crippen LogP contribution is 2.13. The van der Waals surface area contributed by atoms with E-state index >= 15 is 0 Å². The zero-order valence-electron chi connectivity index (χ0n) is 16.4. The van der Waals surface area contributed by atoms with Gasteiger partial charge in [-0.15, -0.1) is 0 Å². The van der Waals surface area contributed by atoms with Gasteiger partial charge in [-0.3, -0.25) is 0 Å². The summed E-state index contributed by atoms with van der Waals surface area (Å²) in [6.07, 6.45) is 22.4.